The fourth-order valence-corrected chi connectivity index (χ4v) is 2.45. The van der Waals surface area contributed by atoms with Gasteiger partial charge in [-0.2, -0.15) is 0 Å². The van der Waals surface area contributed by atoms with Crippen molar-refractivity contribution in [1.29, 1.82) is 0 Å². The number of furan rings is 1. The zero-order valence-electron chi connectivity index (χ0n) is 11.1. The van der Waals surface area contributed by atoms with E-state index in [1.54, 1.807) is 13.0 Å². The van der Waals surface area contributed by atoms with Crippen molar-refractivity contribution in [2.45, 2.75) is 39.8 Å². The highest BCUT2D eigenvalue weighted by atomic mass is 16.3. The fraction of sp³-hybridized carbons (Fsp3) is 0.462. The normalized spacial score (nSPS) is 13.6. The Hall–Kier alpha value is -2.11. The number of nitrogens with zero attached hydrogens (tertiary/aromatic N) is 3. The van der Waals surface area contributed by atoms with Crippen molar-refractivity contribution < 1.29 is 9.21 Å². The Bertz CT molecular complexity index is 627. The van der Waals surface area contributed by atoms with Crippen LogP contribution >= 0.6 is 0 Å². The lowest BCUT2D eigenvalue weighted by Gasteiger charge is -2.04. The summed E-state index contributed by atoms with van der Waals surface area (Å²) in [4.78, 5) is 12.0. The average molecular weight is 260 g/mol. The van der Waals surface area contributed by atoms with Crippen molar-refractivity contribution in [2.75, 3.05) is 0 Å². The average Bonchev–Trinajstić information content (AvgIpc) is 3.02. The van der Waals surface area contributed by atoms with Gasteiger partial charge in [-0.15, -0.1) is 10.2 Å². The molecule has 1 amide bonds. The van der Waals surface area contributed by atoms with Gasteiger partial charge in [0.15, 0.2) is 5.82 Å². The second-order valence-corrected chi connectivity index (χ2v) is 4.80. The molecule has 19 heavy (non-hydrogen) atoms. The monoisotopic (exact) mass is 260 g/mol. The predicted octanol–water partition coefficient (Wildman–Crippen LogP) is 1.36. The lowest BCUT2D eigenvalue weighted by atomic mass is 10.2. The summed E-state index contributed by atoms with van der Waals surface area (Å²) < 4.78 is 7.43. The Morgan fingerprint density at radius 2 is 2.32 bits per heavy atom. The Kier molecular flexibility index (Phi) is 2.85. The van der Waals surface area contributed by atoms with E-state index in [1.807, 2.05) is 6.92 Å². The molecule has 0 aromatic carbocycles. The van der Waals surface area contributed by atoms with Crippen LogP contribution in [0.3, 0.4) is 0 Å². The van der Waals surface area contributed by atoms with E-state index >= 15 is 0 Å². The molecule has 3 rings (SSSR count). The largest absolute Gasteiger partial charge is 0.466 e. The molecule has 6 nitrogen and oxygen atoms in total. The summed E-state index contributed by atoms with van der Waals surface area (Å²) in [6.45, 7) is 4.96. The van der Waals surface area contributed by atoms with E-state index in [0.29, 0.717) is 17.9 Å². The highest BCUT2D eigenvalue weighted by molar-refractivity contribution is 5.95. The molecule has 0 atom stereocenters. The third-order valence-electron chi connectivity index (χ3n) is 3.38. The zero-order chi connectivity index (χ0) is 13.4. The summed E-state index contributed by atoms with van der Waals surface area (Å²) in [6, 6.07) is 1.75. The molecular weight excluding hydrogens is 244 g/mol. The summed E-state index contributed by atoms with van der Waals surface area (Å²) in [6.07, 6.45) is 2.08. The SMILES string of the molecule is Cc1cc(C(=O)NCc2nnc3n2CCC3)c(C)o1. The number of carbonyl (C=O) groups excluding carboxylic acids is 1. The van der Waals surface area contributed by atoms with Gasteiger partial charge in [-0.25, -0.2) is 0 Å². The van der Waals surface area contributed by atoms with Gasteiger partial charge in [-0.3, -0.25) is 4.79 Å². The Morgan fingerprint density at radius 1 is 1.47 bits per heavy atom. The Morgan fingerprint density at radius 3 is 3.05 bits per heavy atom. The molecule has 0 saturated carbocycles. The highest BCUT2D eigenvalue weighted by Gasteiger charge is 2.18. The van der Waals surface area contributed by atoms with Crippen LogP contribution in [0.15, 0.2) is 10.5 Å². The van der Waals surface area contributed by atoms with Crippen LogP contribution in [0.1, 0.15) is 39.9 Å². The van der Waals surface area contributed by atoms with Crippen LogP contribution < -0.4 is 5.32 Å². The van der Waals surface area contributed by atoms with Crippen LogP contribution in [0, 0.1) is 13.8 Å². The van der Waals surface area contributed by atoms with Gasteiger partial charge in [0.1, 0.15) is 17.3 Å². The molecule has 1 aliphatic heterocycles. The molecule has 0 spiro atoms. The first-order valence-corrected chi connectivity index (χ1v) is 6.41. The van der Waals surface area contributed by atoms with Gasteiger partial charge in [0.2, 0.25) is 0 Å². The number of aromatic nitrogens is 3. The number of aryl methyl sites for hydroxylation is 3. The standard InChI is InChI=1S/C13H16N4O2/c1-8-6-10(9(2)19-8)13(18)14-7-12-16-15-11-4-3-5-17(11)12/h6H,3-5,7H2,1-2H3,(H,14,18). The lowest BCUT2D eigenvalue weighted by Crippen LogP contribution is -2.24. The Balaban J connectivity index is 1.69. The third-order valence-corrected chi connectivity index (χ3v) is 3.38. The first-order valence-electron chi connectivity index (χ1n) is 6.41. The minimum atomic E-state index is -0.135. The molecule has 2 aromatic heterocycles. The summed E-state index contributed by atoms with van der Waals surface area (Å²) in [5.41, 5.74) is 0.582. The molecule has 0 saturated heterocycles. The third kappa shape index (κ3) is 2.14. The molecule has 3 heterocycles. The molecule has 0 fully saturated rings. The summed E-state index contributed by atoms with van der Waals surface area (Å²) in [5, 5.41) is 11.1. The zero-order valence-corrected chi connectivity index (χ0v) is 11.1. The van der Waals surface area contributed by atoms with E-state index < -0.39 is 0 Å². The maximum absolute atomic E-state index is 12.0. The molecule has 1 N–H and O–H groups in total. The van der Waals surface area contributed by atoms with Crippen LogP contribution in [0.2, 0.25) is 0 Å². The summed E-state index contributed by atoms with van der Waals surface area (Å²) in [5.74, 6) is 3.08. The minimum Gasteiger partial charge on any atom is -0.466 e. The van der Waals surface area contributed by atoms with Gasteiger partial charge in [-0.1, -0.05) is 0 Å². The maximum atomic E-state index is 12.0. The summed E-state index contributed by atoms with van der Waals surface area (Å²) >= 11 is 0. The van der Waals surface area contributed by atoms with Crippen molar-refractivity contribution in [3.8, 4) is 0 Å². The molecule has 1 aliphatic rings. The fourth-order valence-electron chi connectivity index (χ4n) is 2.45. The number of hydrogen-bond donors (Lipinski definition) is 1. The lowest BCUT2D eigenvalue weighted by molar-refractivity contribution is 0.0948. The maximum Gasteiger partial charge on any atom is 0.255 e. The van der Waals surface area contributed by atoms with Crippen molar-refractivity contribution in [3.05, 3.63) is 34.8 Å². The van der Waals surface area contributed by atoms with Crippen molar-refractivity contribution in [2.24, 2.45) is 0 Å². The number of amides is 1. The van der Waals surface area contributed by atoms with Gasteiger partial charge in [0.05, 0.1) is 12.1 Å². The predicted molar refractivity (Wildman–Crippen MR) is 67.7 cm³/mol. The van der Waals surface area contributed by atoms with Crippen molar-refractivity contribution >= 4 is 5.91 Å². The highest BCUT2D eigenvalue weighted by Crippen LogP contribution is 2.15. The molecule has 0 radical (unpaired) electrons. The molecule has 0 aliphatic carbocycles. The van der Waals surface area contributed by atoms with Crippen LogP contribution in [-0.2, 0) is 19.5 Å². The van der Waals surface area contributed by atoms with Gasteiger partial charge in [0.25, 0.3) is 5.91 Å². The van der Waals surface area contributed by atoms with Gasteiger partial charge >= 0.3 is 0 Å². The Labute approximate surface area is 110 Å². The second kappa shape index (κ2) is 4.53. The van der Waals surface area contributed by atoms with E-state index in [0.717, 1.165) is 36.8 Å². The van der Waals surface area contributed by atoms with E-state index in [1.165, 1.54) is 0 Å². The van der Waals surface area contributed by atoms with Crippen LogP contribution in [0.4, 0.5) is 0 Å². The molecule has 2 aromatic rings. The quantitative estimate of drug-likeness (QED) is 0.904. The molecule has 6 heteroatoms. The molecular formula is C13H16N4O2. The molecule has 100 valence electrons. The minimum absolute atomic E-state index is 0.135. The first kappa shape index (κ1) is 12.0. The number of nitrogens with one attached hydrogen (secondary N) is 1. The van der Waals surface area contributed by atoms with Gasteiger partial charge < -0.3 is 14.3 Å². The van der Waals surface area contributed by atoms with E-state index in [-0.39, 0.29) is 5.91 Å². The van der Waals surface area contributed by atoms with Crippen molar-refractivity contribution in [3.63, 3.8) is 0 Å². The molecule has 0 unspecified atom stereocenters. The second-order valence-electron chi connectivity index (χ2n) is 4.80. The number of fused-ring (bicyclic) bond motifs is 1. The number of rotatable bonds is 3. The van der Waals surface area contributed by atoms with E-state index in [2.05, 4.69) is 20.1 Å². The molecule has 0 bridgehead atoms. The van der Waals surface area contributed by atoms with Crippen LogP contribution in [-0.4, -0.2) is 20.7 Å². The number of hydrogen-bond acceptors (Lipinski definition) is 4. The topological polar surface area (TPSA) is 73.0 Å². The smallest absolute Gasteiger partial charge is 0.255 e. The van der Waals surface area contributed by atoms with E-state index in [9.17, 15) is 4.79 Å². The van der Waals surface area contributed by atoms with Crippen LogP contribution in [0.5, 0.6) is 0 Å². The van der Waals surface area contributed by atoms with Gasteiger partial charge in [0, 0.05) is 13.0 Å². The van der Waals surface area contributed by atoms with Crippen LogP contribution in [0.25, 0.3) is 0 Å². The van der Waals surface area contributed by atoms with Crippen molar-refractivity contribution in [1.82, 2.24) is 20.1 Å². The summed E-state index contributed by atoms with van der Waals surface area (Å²) in [7, 11) is 0. The van der Waals surface area contributed by atoms with Gasteiger partial charge in [-0.05, 0) is 26.3 Å². The van der Waals surface area contributed by atoms with E-state index in [4.69, 9.17) is 4.42 Å². The first-order chi connectivity index (χ1) is 9.15. The number of carbonyl (C=O) groups is 1.